The molecule has 0 atom stereocenters. The van der Waals surface area contributed by atoms with Crippen LogP contribution >= 0.6 is 0 Å². The van der Waals surface area contributed by atoms with Crippen LogP contribution in [0.5, 0.6) is 5.75 Å². The Labute approximate surface area is 118 Å². The fraction of sp³-hybridized carbons (Fsp3) is 0.600. The summed E-state index contributed by atoms with van der Waals surface area (Å²) in [4.78, 5) is 2.35. The van der Waals surface area contributed by atoms with Crippen molar-refractivity contribution in [1.82, 2.24) is 4.90 Å². The van der Waals surface area contributed by atoms with Crippen LogP contribution in [0.4, 0.5) is 8.78 Å². The normalized spacial score (nSPS) is 15.8. The molecule has 0 unspecified atom stereocenters. The molecule has 1 fully saturated rings. The monoisotopic (exact) mass is 284 g/mol. The third kappa shape index (κ3) is 4.15. The van der Waals surface area contributed by atoms with E-state index in [-0.39, 0.29) is 5.75 Å². The molecule has 0 aromatic heterocycles. The van der Waals surface area contributed by atoms with Crippen molar-refractivity contribution < 1.29 is 13.5 Å². The molecule has 1 aromatic rings. The van der Waals surface area contributed by atoms with E-state index in [0.717, 1.165) is 26.1 Å². The van der Waals surface area contributed by atoms with E-state index in [1.54, 1.807) is 0 Å². The third-order valence-corrected chi connectivity index (χ3v) is 3.55. The van der Waals surface area contributed by atoms with Crippen LogP contribution in [0.1, 0.15) is 24.8 Å². The van der Waals surface area contributed by atoms with Gasteiger partial charge in [0.2, 0.25) is 0 Å². The minimum Gasteiger partial charge on any atom is -0.488 e. The molecule has 1 aliphatic heterocycles. The van der Waals surface area contributed by atoms with E-state index in [9.17, 15) is 8.78 Å². The van der Waals surface area contributed by atoms with E-state index in [0.29, 0.717) is 25.1 Å². The Kier molecular flexibility index (Phi) is 5.73. The number of rotatable bonds is 7. The van der Waals surface area contributed by atoms with Gasteiger partial charge in [0.15, 0.2) is 17.4 Å². The van der Waals surface area contributed by atoms with Crippen LogP contribution in [0, 0.1) is 11.6 Å². The van der Waals surface area contributed by atoms with Crippen LogP contribution in [-0.4, -0.2) is 37.7 Å². The van der Waals surface area contributed by atoms with Crippen LogP contribution in [0.25, 0.3) is 0 Å². The topological polar surface area (TPSA) is 38.5 Å². The number of nitrogens with two attached hydrogens (primary N) is 1. The first kappa shape index (κ1) is 15.2. The molecule has 2 rings (SSSR count). The Hall–Kier alpha value is -1.20. The molecule has 1 aromatic carbocycles. The Morgan fingerprint density at radius 2 is 1.80 bits per heavy atom. The summed E-state index contributed by atoms with van der Waals surface area (Å²) < 4.78 is 32.7. The molecule has 0 aliphatic carbocycles. The smallest absolute Gasteiger partial charge is 0.190 e. The molecule has 112 valence electrons. The molecule has 20 heavy (non-hydrogen) atoms. The zero-order chi connectivity index (χ0) is 14.4. The van der Waals surface area contributed by atoms with Gasteiger partial charge in [-0.3, -0.25) is 0 Å². The first-order valence-corrected chi connectivity index (χ1v) is 7.24. The van der Waals surface area contributed by atoms with Crippen LogP contribution in [0.3, 0.4) is 0 Å². The molecular formula is C15H22F2N2O. The average Bonchev–Trinajstić information content (AvgIpc) is 2.90. The largest absolute Gasteiger partial charge is 0.488 e. The van der Waals surface area contributed by atoms with E-state index in [1.807, 2.05) is 0 Å². The van der Waals surface area contributed by atoms with Crippen molar-refractivity contribution in [3.8, 4) is 5.75 Å². The maximum Gasteiger partial charge on any atom is 0.190 e. The Morgan fingerprint density at radius 1 is 1.15 bits per heavy atom. The van der Waals surface area contributed by atoms with Gasteiger partial charge in [-0.15, -0.1) is 0 Å². The van der Waals surface area contributed by atoms with Crippen molar-refractivity contribution in [2.45, 2.75) is 25.7 Å². The quantitative estimate of drug-likeness (QED) is 0.781. The van der Waals surface area contributed by atoms with E-state index < -0.39 is 11.6 Å². The first-order chi connectivity index (χ1) is 9.70. The number of likely N-dealkylation sites (tertiary alicyclic amines) is 1. The Bertz CT molecular complexity index is 411. The highest BCUT2D eigenvalue weighted by atomic mass is 19.1. The third-order valence-electron chi connectivity index (χ3n) is 3.55. The van der Waals surface area contributed by atoms with Crippen molar-refractivity contribution in [3.63, 3.8) is 0 Å². The van der Waals surface area contributed by atoms with Gasteiger partial charge in [0.05, 0.1) is 6.61 Å². The van der Waals surface area contributed by atoms with Crippen LogP contribution < -0.4 is 10.5 Å². The van der Waals surface area contributed by atoms with Gasteiger partial charge in [0.1, 0.15) is 0 Å². The fourth-order valence-corrected chi connectivity index (χ4v) is 2.53. The lowest BCUT2D eigenvalue weighted by atomic mass is 10.1. The molecule has 3 nitrogen and oxygen atoms in total. The summed E-state index contributed by atoms with van der Waals surface area (Å²) in [5, 5.41) is 0. The second-order valence-corrected chi connectivity index (χ2v) is 5.18. The van der Waals surface area contributed by atoms with E-state index in [4.69, 9.17) is 10.5 Å². The van der Waals surface area contributed by atoms with E-state index >= 15 is 0 Å². The summed E-state index contributed by atoms with van der Waals surface area (Å²) >= 11 is 0. The fourth-order valence-electron chi connectivity index (χ4n) is 2.53. The molecule has 0 spiro atoms. The van der Waals surface area contributed by atoms with Gasteiger partial charge in [-0.05, 0) is 63.0 Å². The lowest BCUT2D eigenvalue weighted by molar-refractivity contribution is 0.247. The maximum absolute atomic E-state index is 13.7. The Balaban J connectivity index is 1.82. The molecule has 1 saturated heterocycles. The predicted octanol–water partition coefficient (Wildman–Crippen LogP) is 2.33. The lowest BCUT2D eigenvalue weighted by Crippen LogP contribution is -2.22. The number of halogens is 2. The minimum atomic E-state index is -0.644. The molecule has 5 heteroatoms. The molecule has 2 N–H and O–H groups in total. The summed E-state index contributed by atoms with van der Waals surface area (Å²) in [6, 6.07) is 2.59. The number of hydrogen-bond donors (Lipinski definition) is 1. The summed E-state index contributed by atoms with van der Waals surface area (Å²) in [6.07, 6.45) is 3.73. The van der Waals surface area contributed by atoms with Crippen LogP contribution in [-0.2, 0) is 6.42 Å². The molecule has 0 radical (unpaired) electrons. The molecule has 0 saturated carbocycles. The predicted molar refractivity (Wildman–Crippen MR) is 74.9 cm³/mol. The Morgan fingerprint density at radius 3 is 2.40 bits per heavy atom. The van der Waals surface area contributed by atoms with Crippen molar-refractivity contribution in [1.29, 1.82) is 0 Å². The minimum absolute atomic E-state index is 0.271. The SMILES string of the molecule is NCCc1cc(F)c(OCCCN2CCCC2)c(F)c1. The number of benzene rings is 1. The van der Waals surface area contributed by atoms with Gasteiger partial charge < -0.3 is 15.4 Å². The van der Waals surface area contributed by atoms with Crippen molar-refractivity contribution in [2.75, 3.05) is 32.8 Å². The molecule has 0 amide bonds. The zero-order valence-electron chi connectivity index (χ0n) is 11.7. The van der Waals surface area contributed by atoms with Crippen LogP contribution in [0.15, 0.2) is 12.1 Å². The second kappa shape index (κ2) is 7.55. The molecule has 1 heterocycles. The standard InChI is InChI=1S/C15H22F2N2O/c16-13-10-12(4-5-18)11-14(17)15(13)20-9-3-8-19-6-1-2-7-19/h10-11H,1-9,18H2. The zero-order valence-corrected chi connectivity index (χ0v) is 11.7. The van der Waals surface area contributed by atoms with Gasteiger partial charge in [-0.25, -0.2) is 8.78 Å². The van der Waals surface area contributed by atoms with Crippen molar-refractivity contribution in [2.24, 2.45) is 5.73 Å². The average molecular weight is 284 g/mol. The second-order valence-electron chi connectivity index (χ2n) is 5.18. The first-order valence-electron chi connectivity index (χ1n) is 7.24. The van der Waals surface area contributed by atoms with Gasteiger partial charge in [0, 0.05) is 6.54 Å². The van der Waals surface area contributed by atoms with Crippen molar-refractivity contribution in [3.05, 3.63) is 29.3 Å². The molecule has 0 bridgehead atoms. The maximum atomic E-state index is 13.7. The highest BCUT2D eigenvalue weighted by molar-refractivity contribution is 5.31. The summed E-state index contributed by atoms with van der Waals surface area (Å²) in [5.41, 5.74) is 5.94. The van der Waals surface area contributed by atoms with E-state index in [1.165, 1.54) is 25.0 Å². The number of nitrogens with zero attached hydrogens (tertiary/aromatic N) is 1. The van der Waals surface area contributed by atoms with Gasteiger partial charge in [0.25, 0.3) is 0 Å². The lowest BCUT2D eigenvalue weighted by Gasteiger charge is -2.15. The van der Waals surface area contributed by atoms with Gasteiger partial charge >= 0.3 is 0 Å². The number of hydrogen-bond acceptors (Lipinski definition) is 3. The molecular weight excluding hydrogens is 262 g/mol. The molecule has 1 aliphatic rings. The van der Waals surface area contributed by atoms with Crippen LogP contribution in [0.2, 0.25) is 0 Å². The summed E-state index contributed by atoms with van der Waals surface area (Å²) in [7, 11) is 0. The summed E-state index contributed by atoms with van der Waals surface area (Å²) in [6.45, 7) is 3.87. The van der Waals surface area contributed by atoms with E-state index in [2.05, 4.69) is 4.90 Å². The highest BCUT2D eigenvalue weighted by Gasteiger charge is 2.14. The number of ether oxygens (including phenoxy) is 1. The van der Waals surface area contributed by atoms with Crippen molar-refractivity contribution >= 4 is 0 Å². The van der Waals surface area contributed by atoms with Gasteiger partial charge in [-0.1, -0.05) is 0 Å². The highest BCUT2D eigenvalue weighted by Crippen LogP contribution is 2.23. The summed E-state index contributed by atoms with van der Waals surface area (Å²) in [5.74, 6) is -1.56. The van der Waals surface area contributed by atoms with Gasteiger partial charge in [-0.2, -0.15) is 0 Å².